The van der Waals surface area contributed by atoms with Gasteiger partial charge in [-0.25, -0.2) is 4.98 Å². The summed E-state index contributed by atoms with van der Waals surface area (Å²) in [5, 5.41) is 6.55. The van der Waals surface area contributed by atoms with E-state index in [4.69, 9.17) is 23.4 Å². The zero-order valence-electron chi connectivity index (χ0n) is 22.2. The zero-order valence-corrected chi connectivity index (χ0v) is 22.2. The zero-order chi connectivity index (χ0) is 27.2. The molecule has 3 heterocycles. The minimum absolute atomic E-state index is 0.198. The fraction of sp³-hybridized carbons (Fsp3) is 0.321. The smallest absolute Gasteiger partial charge is 0.255 e. The maximum Gasteiger partial charge on any atom is 0.255 e. The Hall–Kier alpha value is -4.35. The summed E-state index contributed by atoms with van der Waals surface area (Å²) in [6, 6.07) is 12.5. The molecule has 1 amide bonds. The molecule has 11 heteroatoms. The number of fused-ring (bicyclic) bond motifs is 1. The molecule has 2 aromatic carbocycles. The molecule has 2 aromatic heterocycles. The lowest BCUT2D eigenvalue weighted by Gasteiger charge is -2.26. The van der Waals surface area contributed by atoms with E-state index in [1.807, 2.05) is 18.2 Å². The van der Waals surface area contributed by atoms with Crippen molar-refractivity contribution in [3.05, 3.63) is 60.0 Å². The van der Waals surface area contributed by atoms with Crippen LogP contribution in [0.4, 0.5) is 11.6 Å². The van der Waals surface area contributed by atoms with Crippen molar-refractivity contribution in [2.75, 3.05) is 58.9 Å². The molecule has 2 N–H and O–H groups in total. The number of carbonyl (C=O) groups excluding carboxylic acids is 1. The Morgan fingerprint density at radius 3 is 2.74 bits per heavy atom. The maximum absolute atomic E-state index is 12.2. The molecule has 0 aliphatic carbocycles. The van der Waals surface area contributed by atoms with E-state index in [0.29, 0.717) is 58.0 Å². The number of nitrogens with zero attached hydrogens (tertiary/aromatic N) is 3. The first-order valence-corrected chi connectivity index (χ1v) is 12.7. The minimum atomic E-state index is -0.198. The Morgan fingerprint density at radius 1 is 1.10 bits per heavy atom. The van der Waals surface area contributed by atoms with E-state index in [1.165, 1.54) is 0 Å². The molecule has 0 unspecified atom stereocenters. The van der Waals surface area contributed by atoms with Crippen LogP contribution in [0.1, 0.15) is 16.1 Å². The first-order chi connectivity index (χ1) is 19.0. The molecule has 0 saturated carbocycles. The van der Waals surface area contributed by atoms with Gasteiger partial charge in [0.25, 0.3) is 5.91 Å². The molecule has 1 saturated heterocycles. The molecule has 1 fully saturated rings. The predicted molar refractivity (Wildman–Crippen MR) is 145 cm³/mol. The number of morpholine rings is 1. The Morgan fingerprint density at radius 2 is 1.95 bits per heavy atom. The van der Waals surface area contributed by atoms with Crippen molar-refractivity contribution < 1.29 is 28.2 Å². The lowest BCUT2D eigenvalue weighted by molar-refractivity contribution is 0.0321. The first kappa shape index (κ1) is 26.3. The largest absolute Gasteiger partial charge is 0.493 e. The summed E-state index contributed by atoms with van der Waals surface area (Å²) in [6.07, 6.45) is 1.60. The summed E-state index contributed by atoms with van der Waals surface area (Å²) >= 11 is 0. The van der Waals surface area contributed by atoms with Gasteiger partial charge in [-0.05, 0) is 31.2 Å². The Balaban J connectivity index is 1.26. The van der Waals surface area contributed by atoms with Gasteiger partial charge in [0, 0.05) is 62.2 Å². The average molecular weight is 534 g/mol. The van der Waals surface area contributed by atoms with Crippen molar-refractivity contribution in [2.24, 2.45) is 0 Å². The second-order valence-corrected chi connectivity index (χ2v) is 8.88. The Bertz CT molecular complexity index is 1450. The number of ether oxygens (including phenoxy) is 4. The number of amides is 1. The molecular formula is C28H31N5O6. The normalized spacial score (nSPS) is 13.7. The van der Waals surface area contributed by atoms with E-state index in [-0.39, 0.29) is 5.91 Å². The molecule has 0 spiro atoms. The van der Waals surface area contributed by atoms with Gasteiger partial charge in [-0.15, -0.1) is 0 Å². The number of carbonyl (C=O) groups is 1. The highest BCUT2D eigenvalue weighted by atomic mass is 16.5. The van der Waals surface area contributed by atoms with Crippen LogP contribution in [0.2, 0.25) is 0 Å². The van der Waals surface area contributed by atoms with E-state index in [9.17, 15) is 4.79 Å². The van der Waals surface area contributed by atoms with Gasteiger partial charge < -0.3 is 34.0 Å². The molecule has 0 radical (unpaired) electrons. The van der Waals surface area contributed by atoms with E-state index >= 15 is 0 Å². The van der Waals surface area contributed by atoms with E-state index in [2.05, 4.69) is 25.5 Å². The van der Waals surface area contributed by atoms with Gasteiger partial charge in [-0.3, -0.25) is 9.69 Å². The van der Waals surface area contributed by atoms with Crippen molar-refractivity contribution in [2.45, 2.75) is 6.92 Å². The highest BCUT2D eigenvalue weighted by Crippen LogP contribution is 2.33. The van der Waals surface area contributed by atoms with E-state index < -0.39 is 0 Å². The third-order valence-corrected chi connectivity index (χ3v) is 6.33. The van der Waals surface area contributed by atoms with Crippen LogP contribution in [-0.4, -0.2) is 74.4 Å². The number of hydrogen-bond donors (Lipinski definition) is 2. The topological polar surface area (TPSA) is 120 Å². The van der Waals surface area contributed by atoms with Crippen LogP contribution in [-0.2, 0) is 4.74 Å². The van der Waals surface area contributed by atoms with Crippen LogP contribution in [0.3, 0.4) is 0 Å². The van der Waals surface area contributed by atoms with Crippen molar-refractivity contribution in [1.82, 2.24) is 20.2 Å². The summed E-state index contributed by atoms with van der Waals surface area (Å²) in [4.78, 5) is 23.3. The molecular weight excluding hydrogens is 502 g/mol. The lowest BCUT2D eigenvalue weighted by atomic mass is 10.1. The van der Waals surface area contributed by atoms with Crippen LogP contribution in [0.25, 0.3) is 11.0 Å². The van der Waals surface area contributed by atoms with Crippen LogP contribution < -0.4 is 24.8 Å². The SMILES string of the molecule is CNC(=O)c1c(C)oc2cc(Oc3ccnc(Nc4ccc(OC)c(OCCN5CCOCC5)c4)n3)ccc12. The van der Waals surface area contributed by atoms with Crippen molar-refractivity contribution >= 4 is 28.5 Å². The van der Waals surface area contributed by atoms with Gasteiger partial charge >= 0.3 is 0 Å². The molecule has 0 atom stereocenters. The number of aromatic nitrogens is 2. The van der Waals surface area contributed by atoms with E-state index in [0.717, 1.165) is 38.5 Å². The van der Waals surface area contributed by atoms with Gasteiger partial charge in [0.15, 0.2) is 11.5 Å². The van der Waals surface area contributed by atoms with Crippen LogP contribution in [0.5, 0.6) is 23.1 Å². The molecule has 5 rings (SSSR count). The van der Waals surface area contributed by atoms with Gasteiger partial charge in [-0.2, -0.15) is 4.98 Å². The number of rotatable bonds is 10. The monoisotopic (exact) mass is 533 g/mol. The van der Waals surface area contributed by atoms with Crippen molar-refractivity contribution in [1.29, 1.82) is 0 Å². The molecule has 11 nitrogen and oxygen atoms in total. The Labute approximate surface area is 226 Å². The highest BCUT2D eigenvalue weighted by Gasteiger charge is 2.18. The molecule has 4 aromatic rings. The number of anilines is 2. The number of benzene rings is 2. The highest BCUT2D eigenvalue weighted by molar-refractivity contribution is 6.07. The third kappa shape index (κ3) is 6.21. The van der Waals surface area contributed by atoms with Crippen LogP contribution >= 0.6 is 0 Å². The number of nitrogens with one attached hydrogen (secondary N) is 2. The average Bonchev–Trinajstić information content (AvgIpc) is 3.28. The Kier molecular flexibility index (Phi) is 8.09. The van der Waals surface area contributed by atoms with Crippen LogP contribution in [0.15, 0.2) is 53.1 Å². The maximum atomic E-state index is 12.2. The second kappa shape index (κ2) is 12.0. The molecule has 39 heavy (non-hydrogen) atoms. The van der Waals surface area contributed by atoms with Gasteiger partial charge in [0.1, 0.15) is 23.7 Å². The van der Waals surface area contributed by atoms with Crippen molar-refractivity contribution in [3.8, 4) is 23.1 Å². The molecule has 1 aliphatic rings. The number of methoxy groups -OCH3 is 1. The predicted octanol–water partition coefficient (Wildman–Crippen LogP) is 4.15. The summed E-state index contributed by atoms with van der Waals surface area (Å²) in [5.74, 6) is 2.83. The number of aryl methyl sites for hydroxylation is 1. The van der Waals surface area contributed by atoms with Gasteiger partial charge in [0.2, 0.25) is 11.8 Å². The molecule has 1 aliphatic heterocycles. The summed E-state index contributed by atoms with van der Waals surface area (Å²) in [7, 11) is 3.20. The standard InChI is InChI=1S/C28H31N5O6/c1-18-26(27(34)29-2)21-6-5-20(17-23(21)38-18)39-25-8-9-30-28(32-25)31-19-4-7-22(35-3)24(16-19)37-15-12-33-10-13-36-14-11-33/h4-9,16-17H,10-15H2,1-3H3,(H,29,34)(H,30,31,32). The fourth-order valence-corrected chi connectivity index (χ4v) is 4.36. The number of furan rings is 1. The lowest BCUT2D eigenvalue weighted by Crippen LogP contribution is -2.38. The quantitative estimate of drug-likeness (QED) is 0.308. The summed E-state index contributed by atoms with van der Waals surface area (Å²) in [6.45, 7) is 6.41. The van der Waals surface area contributed by atoms with Gasteiger partial charge in [-0.1, -0.05) is 0 Å². The molecule has 0 bridgehead atoms. The fourth-order valence-electron chi connectivity index (χ4n) is 4.36. The minimum Gasteiger partial charge on any atom is -0.493 e. The molecule has 204 valence electrons. The van der Waals surface area contributed by atoms with E-state index in [1.54, 1.807) is 51.5 Å². The summed E-state index contributed by atoms with van der Waals surface area (Å²) < 4.78 is 28.6. The first-order valence-electron chi connectivity index (χ1n) is 12.7. The third-order valence-electron chi connectivity index (χ3n) is 6.33. The van der Waals surface area contributed by atoms with Gasteiger partial charge in [0.05, 0.1) is 25.9 Å². The second-order valence-electron chi connectivity index (χ2n) is 8.88. The number of hydrogen-bond acceptors (Lipinski definition) is 10. The summed E-state index contributed by atoms with van der Waals surface area (Å²) in [5.41, 5.74) is 1.80. The van der Waals surface area contributed by atoms with Crippen LogP contribution in [0, 0.1) is 6.92 Å². The van der Waals surface area contributed by atoms with Crippen molar-refractivity contribution in [3.63, 3.8) is 0 Å².